The lowest BCUT2D eigenvalue weighted by Gasteiger charge is -2.33. The molecule has 12 nitrogen and oxygen atoms in total. The van der Waals surface area contributed by atoms with Crippen molar-refractivity contribution in [2.75, 3.05) is 26.8 Å². The van der Waals surface area contributed by atoms with Gasteiger partial charge in [0, 0.05) is 51.1 Å². The number of likely N-dealkylation sites (tertiary alicyclic amines) is 1. The van der Waals surface area contributed by atoms with Gasteiger partial charge in [0.25, 0.3) is 5.91 Å². The maximum atomic E-state index is 14.1. The highest BCUT2D eigenvalue weighted by molar-refractivity contribution is 6.76. The summed E-state index contributed by atoms with van der Waals surface area (Å²) in [6.45, 7) is 12.8. The molecule has 0 spiro atoms. The van der Waals surface area contributed by atoms with Crippen LogP contribution in [0.4, 0.5) is 18.0 Å². The molecule has 4 heterocycles. The summed E-state index contributed by atoms with van der Waals surface area (Å²) >= 11 is 0. The molecule has 0 bridgehead atoms. The molecule has 0 unspecified atom stereocenters. The highest BCUT2D eigenvalue weighted by Crippen LogP contribution is 2.35. The maximum absolute atomic E-state index is 14.1. The molecular formula is C29H42F3N7O5Si. The first-order valence-electron chi connectivity index (χ1n) is 14.8. The van der Waals surface area contributed by atoms with Gasteiger partial charge in [-0.25, -0.2) is 19.0 Å². The van der Waals surface area contributed by atoms with Crippen LogP contribution in [0, 0.1) is 0 Å². The van der Waals surface area contributed by atoms with E-state index >= 15 is 0 Å². The summed E-state index contributed by atoms with van der Waals surface area (Å²) < 4.78 is 61.7. The molecule has 1 fully saturated rings. The molecule has 0 aromatic carbocycles. The Morgan fingerprint density at radius 3 is 2.42 bits per heavy atom. The minimum atomic E-state index is -4.64. The molecule has 0 saturated carbocycles. The quantitative estimate of drug-likeness (QED) is 0.235. The molecule has 4 rings (SSSR count). The highest BCUT2D eigenvalue weighted by atomic mass is 28.3. The SMILES string of the molecule is COc1cc(-c2c(CC(F)(F)F)c(C(=O)NC3CCN(C(=O)OC(C)(C)C)CC3)nn2COCC[Si](C)(C)C)cn2ncnc12. The predicted molar refractivity (Wildman–Crippen MR) is 163 cm³/mol. The van der Waals surface area contributed by atoms with Gasteiger partial charge in [-0.1, -0.05) is 19.6 Å². The summed E-state index contributed by atoms with van der Waals surface area (Å²) in [5.74, 6) is -0.445. The number of hydrogen-bond acceptors (Lipinski definition) is 8. The van der Waals surface area contributed by atoms with Gasteiger partial charge >= 0.3 is 12.3 Å². The largest absolute Gasteiger partial charge is 0.493 e. The van der Waals surface area contributed by atoms with Crippen molar-refractivity contribution in [3.63, 3.8) is 0 Å². The van der Waals surface area contributed by atoms with E-state index in [-0.39, 0.29) is 35.5 Å². The molecule has 3 aromatic rings. The average molecular weight is 654 g/mol. The second kappa shape index (κ2) is 13.4. The fourth-order valence-corrected chi connectivity index (χ4v) is 5.71. The van der Waals surface area contributed by atoms with Gasteiger partial charge in [0.2, 0.25) is 0 Å². The van der Waals surface area contributed by atoms with Crippen molar-refractivity contribution in [3.05, 3.63) is 29.8 Å². The van der Waals surface area contributed by atoms with Gasteiger partial charge in [-0.15, -0.1) is 0 Å². The lowest BCUT2D eigenvalue weighted by atomic mass is 10.0. The first-order chi connectivity index (χ1) is 20.9. The molecule has 1 aliphatic rings. The van der Waals surface area contributed by atoms with Gasteiger partial charge in [0.05, 0.1) is 19.2 Å². The van der Waals surface area contributed by atoms with E-state index in [1.807, 2.05) is 0 Å². The Bertz CT molecular complexity index is 1500. The van der Waals surface area contributed by atoms with Gasteiger partial charge in [0.1, 0.15) is 18.7 Å². The second-order valence-electron chi connectivity index (χ2n) is 13.4. The van der Waals surface area contributed by atoms with E-state index < -0.39 is 38.3 Å². The molecule has 0 radical (unpaired) electrons. The summed E-state index contributed by atoms with van der Waals surface area (Å²) in [5, 5.41) is 11.4. The third-order valence-electron chi connectivity index (χ3n) is 7.17. The first-order valence-corrected chi connectivity index (χ1v) is 18.6. The standard InChI is InChI=1S/C29H42F3N7O5Si/c1-28(2,3)44-27(41)37-10-8-20(9-11-37)35-26(40)23-21(15-29(30,31)32)24(39(36-23)18-43-12-13-45(5,6)7)19-14-22(42-4)25-33-17-34-38(25)16-19/h14,16-17,20H,8-13,15,18H2,1-7H3,(H,35,40). The number of nitrogens with zero attached hydrogens (tertiary/aromatic N) is 6. The van der Waals surface area contributed by atoms with Crippen molar-refractivity contribution in [2.24, 2.45) is 0 Å². The molecule has 1 N–H and O–H groups in total. The lowest BCUT2D eigenvalue weighted by Crippen LogP contribution is -2.48. The lowest BCUT2D eigenvalue weighted by molar-refractivity contribution is -0.127. The molecule has 0 aliphatic carbocycles. The summed E-state index contributed by atoms with van der Waals surface area (Å²) in [4.78, 5) is 31.8. The third-order valence-corrected chi connectivity index (χ3v) is 8.87. The zero-order valence-corrected chi connectivity index (χ0v) is 27.8. The number of carbonyl (C=O) groups is 2. The van der Waals surface area contributed by atoms with E-state index in [1.54, 1.807) is 31.7 Å². The van der Waals surface area contributed by atoms with Gasteiger partial charge in [-0.2, -0.15) is 23.4 Å². The molecule has 1 aliphatic heterocycles. The first kappa shape index (κ1) is 34.2. The topological polar surface area (TPSA) is 125 Å². The highest BCUT2D eigenvalue weighted by Gasteiger charge is 2.36. The number of hydrogen-bond donors (Lipinski definition) is 1. The van der Waals surface area contributed by atoms with Crippen LogP contribution >= 0.6 is 0 Å². The average Bonchev–Trinajstić information content (AvgIpc) is 3.53. The van der Waals surface area contributed by atoms with E-state index in [0.717, 1.165) is 6.04 Å². The fraction of sp³-hybridized carbons (Fsp3) is 0.621. The number of methoxy groups -OCH3 is 1. The number of rotatable bonds is 10. The molecule has 3 aromatic heterocycles. The van der Waals surface area contributed by atoms with Crippen LogP contribution in [-0.2, 0) is 22.6 Å². The zero-order chi connectivity index (χ0) is 33.2. The number of piperidine rings is 1. The van der Waals surface area contributed by atoms with Crippen molar-refractivity contribution >= 4 is 25.7 Å². The van der Waals surface area contributed by atoms with Crippen LogP contribution in [0.15, 0.2) is 18.6 Å². The number of halogens is 3. The monoisotopic (exact) mass is 653 g/mol. The van der Waals surface area contributed by atoms with Gasteiger partial charge < -0.3 is 24.4 Å². The number of amides is 2. The maximum Gasteiger partial charge on any atom is 0.410 e. The minimum absolute atomic E-state index is 0.0703. The van der Waals surface area contributed by atoms with Gasteiger partial charge in [0.15, 0.2) is 17.1 Å². The van der Waals surface area contributed by atoms with E-state index in [0.29, 0.717) is 43.7 Å². The number of fused-ring (bicyclic) bond motifs is 1. The van der Waals surface area contributed by atoms with Crippen molar-refractivity contribution in [1.29, 1.82) is 0 Å². The number of aromatic nitrogens is 5. The van der Waals surface area contributed by atoms with Crippen molar-refractivity contribution in [2.45, 2.75) is 90.3 Å². The molecule has 2 amide bonds. The minimum Gasteiger partial charge on any atom is -0.493 e. The molecular weight excluding hydrogens is 611 g/mol. The number of nitrogens with one attached hydrogen (secondary N) is 1. The van der Waals surface area contributed by atoms with E-state index in [9.17, 15) is 22.8 Å². The van der Waals surface area contributed by atoms with Crippen molar-refractivity contribution < 1.29 is 37.0 Å². The molecule has 16 heteroatoms. The summed E-state index contributed by atoms with van der Waals surface area (Å²) in [7, 11) is -0.0229. The molecule has 45 heavy (non-hydrogen) atoms. The van der Waals surface area contributed by atoms with E-state index in [2.05, 4.69) is 40.1 Å². The van der Waals surface area contributed by atoms with Crippen molar-refractivity contribution in [1.82, 2.24) is 34.6 Å². The molecule has 1 saturated heterocycles. The summed E-state index contributed by atoms with van der Waals surface area (Å²) in [6, 6.07) is 2.02. The van der Waals surface area contributed by atoms with Crippen LogP contribution in [0.3, 0.4) is 0 Å². The van der Waals surface area contributed by atoms with Crippen LogP contribution in [0.25, 0.3) is 16.9 Å². The van der Waals surface area contributed by atoms with Crippen molar-refractivity contribution in [3.8, 4) is 17.0 Å². The van der Waals surface area contributed by atoms with Crippen LogP contribution in [-0.4, -0.2) is 94.0 Å². The Hall–Kier alpha value is -3.66. The fourth-order valence-electron chi connectivity index (χ4n) is 4.96. The predicted octanol–water partition coefficient (Wildman–Crippen LogP) is 5.15. The number of carbonyl (C=O) groups excluding carboxylic acids is 2. The van der Waals surface area contributed by atoms with Crippen LogP contribution < -0.4 is 10.1 Å². The van der Waals surface area contributed by atoms with E-state index in [4.69, 9.17) is 14.2 Å². The second-order valence-corrected chi connectivity index (χ2v) is 19.0. The van der Waals surface area contributed by atoms with E-state index in [1.165, 1.54) is 28.8 Å². The number of ether oxygens (including phenoxy) is 3. The van der Waals surface area contributed by atoms with Crippen LogP contribution in [0.2, 0.25) is 25.7 Å². The zero-order valence-electron chi connectivity index (χ0n) is 26.8. The Balaban J connectivity index is 1.67. The number of pyridine rings is 1. The summed E-state index contributed by atoms with van der Waals surface area (Å²) in [6.07, 6.45) is -2.83. The normalized spacial score (nSPS) is 15.0. The Morgan fingerprint density at radius 1 is 1.13 bits per heavy atom. The Morgan fingerprint density at radius 2 is 1.82 bits per heavy atom. The third kappa shape index (κ3) is 9.19. The van der Waals surface area contributed by atoms with Crippen LogP contribution in [0.1, 0.15) is 49.7 Å². The smallest absolute Gasteiger partial charge is 0.410 e. The Labute approximate surface area is 261 Å². The number of alkyl halides is 3. The molecule has 0 atom stereocenters. The van der Waals surface area contributed by atoms with Gasteiger partial charge in [-0.05, 0) is 45.7 Å². The Kier molecular flexibility index (Phi) is 10.2. The van der Waals surface area contributed by atoms with Gasteiger partial charge in [-0.3, -0.25) is 4.79 Å². The van der Waals surface area contributed by atoms with Crippen LogP contribution in [0.5, 0.6) is 5.75 Å². The molecule has 248 valence electrons. The summed E-state index contributed by atoms with van der Waals surface area (Å²) in [5.41, 5.74) is -0.526.